The number of halogens is 1. The van der Waals surface area contributed by atoms with Crippen molar-refractivity contribution in [3.63, 3.8) is 0 Å². The number of likely N-dealkylation sites (N-methyl/N-ethyl adjacent to an activating group) is 1. The molecule has 1 saturated carbocycles. The zero-order valence-corrected chi connectivity index (χ0v) is 19.4. The first-order valence-corrected chi connectivity index (χ1v) is 12.1. The second kappa shape index (κ2) is 10.4. The van der Waals surface area contributed by atoms with Crippen LogP contribution in [0, 0.1) is 11.3 Å². The van der Waals surface area contributed by atoms with E-state index in [1.807, 2.05) is 0 Å². The van der Waals surface area contributed by atoms with E-state index in [0.29, 0.717) is 12.6 Å². The van der Waals surface area contributed by atoms with Crippen molar-refractivity contribution in [3.05, 3.63) is 0 Å². The van der Waals surface area contributed by atoms with Gasteiger partial charge in [0, 0.05) is 32.2 Å². The van der Waals surface area contributed by atoms with Gasteiger partial charge in [0.25, 0.3) is 0 Å². The molecule has 3 saturated heterocycles. The van der Waals surface area contributed by atoms with Gasteiger partial charge in [-0.1, -0.05) is 0 Å². The second-order valence-electron chi connectivity index (χ2n) is 10.9. The Kier molecular flexibility index (Phi) is 8.36. The Morgan fingerprint density at radius 1 is 0.862 bits per heavy atom. The van der Waals surface area contributed by atoms with Crippen LogP contribution < -0.4 is 5.73 Å². The molecule has 0 aromatic heterocycles. The maximum absolute atomic E-state index is 9.50. The van der Waals surface area contributed by atoms with Crippen LogP contribution in [-0.2, 0) is 0 Å². The Morgan fingerprint density at radius 2 is 1.41 bits per heavy atom. The molecule has 5 nitrogen and oxygen atoms in total. The van der Waals surface area contributed by atoms with Crippen molar-refractivity contribution in [3.8, 4) is 0 Å². The number of rotatable bonds is 6. The molecule has 0 bridgehead atoms. The number of nitrogens with two attached hydrogens (primary N) is 1. The van der Waals surface area contributed by atoms with Crippen molar-refractivity contribution in [2.45, 2.75) is 44.6 Å². The van der Waals surface area contributed by atoms with Crippen LogP contribution in [0.4, 0.5) is 4.39 Å². The normalized spacial score (nSPS) is 29.3. The number of alkyl halides is 1. The Bertz CT molecular complexity index is 470. The third kappa shape index (κ3) is 6.60. The fourth-order valence-electron chi connectivity index (χ4n) is 5.62. The van der Waals surface area contributed by atoms with Crippen molar-refractivity contribution in [2.24, 2.45) is 17.1 Å². The maximum atomic E-state index is 9.50. The Hall–Kier alpha value is -0.270. The molecule has 4 aliphatic rings. The highest BCUT2D eigenvalue weighted by Crippen LogP contribution is 2.45. The van der Waals surface area contributed by atoms with Crippen LogP contribution in [0.25, 0.3) is 0 Å². The lowest BCUT2D eigenvalue weighted by molar-refractivity contribution is -0.894. The van der Waals surface area contributed by atoms with Crippen LogP contribution in [-0.4, -0.2) is 118 Å². The van der Waals surface area contributed by atoms with Crippen LogP contribution in [0.5, 0.6) is 0 Å². The standard InChI is InChI=1S/C22H44N5.CH3F/c1-27(2)15-13-26(14-16-27)21-5-11-24(12-6-21)17-20-3-9-25(10-4-20)19-22(18-23)7-8-22;1-2/h20-21H,3-19,23H2,1-2H3;1H3/q+1;. The van der Waals surface area contributed by atoms with Crippen LogP contribution >= 0.6 is 0 Å². The van der Waals surface area contributed by atoms with Crippen LogP contribution in [0.1, 0.15) is 38.5 Å². The van der Waals surface area contributed by atoms with Crippen molar-refractivity contribution < 1.29 is 8.87 Å². The lowest BCUT2D eigenvalue weighted by atomic mass is 9.93. The van der Waals surface area contributed by atoms with E-state index in [1.165, 1.54) is 108 Å². The SMILES string of the molecule is CF.C[N+]1(C)CCN(C2CCN(CC3CCN(CC4(CN)CC4)CC3)CC2)CC1. The average molecular weight is 413 g/mol. The van der Waals surface area contributed by atoms with Crippen molar-refractivity contribution in [1.82, 2.24) is 14.7 Å². The third-order valence-corrected chi connectivity index (χ3v) is 8.23. The summed E-state index contributed by atoms with van der Waals surface area (Å²) in [6.07, 6.45) is 8.33. The van der Waals surface area contributed by atoms with E-state index in [0.717, 1.165) is 18.5 Å². The molecule has 0 spiro atoms. The van der Waals surface area contributed by atoms with Gasteiger partial charge >= 0.3 is 0 Å². The highest BCUT2D eigenvalue weighted by molar-refractivity contribution is 4.97. The summed E-state index contributed by atoms with van der Waals surface area (Å²) in [4.78, 5) is 8.28. The van der Waals surface area contributed by atoms with Crippen LogP contribution in [0.3, 0.4) is 0 Å². The van der Waals surface area contributed by atoms with Gasteiger partial charge in [-0.05, 0) is 82.6 Å². The fourth-order valence-corrected chi connectivity index (χ4v) is 5.62. The minimum absolute atomic E-state index is 0.500. The molecule has 0 amide bonds. The maximum Gasteiger partial charge on any atom is 0.0912 e. The van der Waals surface area contributed by atoms with Gasteiger partial charge in [-0.3, -0.25) is 9.29 Å². The van der Waals surface area contributed by atoms with E-state index in [-0.39, 0.29) is 0 Å². The summed E-state index contributed by atoms with van der Waals surface area (Å²) < 4.78 is 10.7. The molecule has 0 radical (unpaired) electrons. The molecule has 4 rings (SSSR count). The molecule has 1 aliphatic carbocycles. The van der Waals surface area contributed by atoms with Crippen molar-refractivity contribution in [1.29, 1.82) is 0 Å². The van der Waals surface area contributed by atoms with Gasteiger partial charge in [-0.15, -0.1) is 0 Å². The molecule has 0 unspecified atom stereocenters. The van der Waals surface area contributed by atoms with Crippen LogP contribution in [0.2, 0.25) is 0 Å². The van der Waals surface area contributed by atoms with E-state index < -0.39 is 0 Å². The molecule has 0 aromatic rings. The molecule has 0 atom stereocenters. The predicted molar refractivity (Wildman–Crippen MR) is 120 cm³/mol. The molecule has 2 N–H and O–H groups in total. The zero-order chi connectivity index (χ0) is 20.9. The van der Waals surface area contributed by atoms with Gasteiger partial charge in [-0.2, -0.15) is 0 Å². The summed E-state index contributed by atoms with van der Waals surface area (Å²) >= 11 is 0. The number of quaternary nitrogens is 1. The van der Waals surface area contributed by atoms with Gasteiger partial charge in [-0.25, -0.2) is 0 Å². The van der Waals surface area contributed by atoms with E-state index >= 15 is 0 Å². The molecule has 3 aliphatic heterocycles. The van der Waals surface area contributed by atoms with E-state index in [1.54, 1.807) is 0 Å². The first-order valence-electron chi connectivity index (χ1n) is 12.1. The monoisotopic (exact) mass is 412 g/mol. The number of likely N-dealkylation sites (tertiary alicyclic amines) is 2. The number of piperazine rings is 1. The zero-order valence-electron chi connectivity index (χ0n) is 19.4. The summed E-state index contributed by atoms with van der Waals surface area (Å²) in [5.74, 6) is 0.930. The summed E-state index contributed by atoms with van der Waals surface area (Å²) in [5.41, 5.74) is 6.49. The first kappa shape index (κ1) is 23.4. The largest absolute Gasteiger partial charge is 0.330 e. The molecule has 3 heterocycles. The minimum atomic E-state index is 0.500. The molecule has 0 aromatic carbocycles. The summed E-state index contributed by atoms with van der Waals surface area (Å²) in [6, 6.07) is 0.856. The number of hydrogen-bond donors (Lipinski definition) is 1. The molecule has 170 valence electrons. The summed E-state index contributed by atoms with van der Waals surface area (Å²) in [5, 5.41) is 0. The van der Waals surface area contributed by atoms with E-state index in [9.17, 15) is 4.39 Å². The number of hydrogen-bond acceptors (Lipinski definition) is 4. The first-order chi connectivity index (χ1) is 14.0. The lowest BCUT2D eigenvalue weighted by Crippen LogP contribution is -2.58. The van der Waals surface area contributed by atoms with Crippen molar-refractivity contribution in [2.75, 3.05) is 93.3 Å². The molecular weight excluding hydrogens is 365 g/mol. The van der Waals surface area contributed by atoms with Crippen LogP contribution in [0.15, 0.2) is 0 Å². The highest BCUT2D eigenvalue weighted by Gasteiger charge is 2.43. The van der Waals surface area contributed by atoms with Gasteiger partial charge in [0.15, 0.2) is 0 Å². The lowest BCUT2D eigenvalue weighted by Gasteiger charge is -2.45. The Morgan fingerprint density at radius 3 is 1.93 bits per heavy atom. The van der Waals surface area contributed by atoms with Gasteiger partial charge in [0.05, 0.1) is 34.4 Å². The second-order valence-corrected chi connectivity index (χ2v) is 10.9. The average Bonchev–Trinajstić information content (AvgIpc) is 3.52. The Balaban J connectivity index is 0.00000117. The highest BCUT2D eigenvalue weighted by atomic mass is 19.1. The number of nitrogens with zero attached hydrogens (tertiary/aromatic N) is 4. The smallest absolute Gasteiger partial charge is 0.0912 e. The summed E-state index contributed by atoms with van der Waals surface area (Å²) in [6.45, 7) is 14.1. The molecular formula is C23H47FN5+. The number of piperidine rings is 2. The fraction of sp³-hybridized carbons (Fsp3) is 1.00. The van der Waals surface area contributed by atoms with Gasteiger partial charge in [0.2, 0.25) is 0 Å². The van der Waals surface area contributed by atoms with E-state index in [2.05, 4.69) is 28.8 Å². The van der Waals surface area contributed by atoms with Gasteiger partial charge in [0.1, 0.15) is 0 Å². The molecule has 29 heavy (non-hydrogen) atoms. The molecule has 4 fully saturated rings. The van der Waals surface area contributed by atoms with E-state index in [4.69, 9.17) is 5.73 Å². The third-order valence-electron chi connectivity index (χ3n) is 8.23. The topological polar surface area (TPSA) is 35.7 Å². The quantitative estimate of drug-likeness (QED) is 0.676. The molecule has 6 heteroatoms. The van der Waals surface area contributed by atoms with Crippen molar-refractivity contribution >= 4 is 0 Å². The predicted octanol–water partition coefficient (Wildman–Crippen LogP) is 1.88. The van der Waals surface area contributed by atoms with Gasteiger partial charge < -0.3 is 20.0 Å². The Labute approximate surface area is 179 Å². The summed E-state index contributed by atoms with van der Waals surface area (Å²) in [7, 11) is 5.26. The minimum Gasteiger partial charge on any atom is -0.330 e.